The summed E-state index contributed by atoms with van der Waals surface area (Å²) in [5.41, 5.74) is -1.61. The number of hydrogen-bond donors (Lipinski definition) is 2. The zero-order chi connectivity index (χ0) is 15.5. The summed E-state index contributed by atoms with van der Waals surface area (Å²) >= 11 is 0. The number of amides is 1. The number of carbonyl (C=O) groups excluding carboxylic acids is 1. The predicted molar refractivity (Wildman–Crippen MR) is 76.6 cm³/mol. The van der Waals surface area contributed by atoms with Crippen molar-refractivity contribution in [2.75, 3.05) is 19.6 Å². The number of hydrogen-bond acceptors (Lipinski definition) is 2. The van der Waals surface area contributed by atoms with Gasteiger partial charge in [-0.2, -0.15) is 13.2 Å². The van der Waals surface area contributed by atoms with Crippen LogP contribution in [-0.2, 0) is 6.18 Å². The summed E-state index contributed by atoms with van der Waals surface area (Å²) in [5, 5.41) is 5.67. The Morgan fingerprint density at radius 3 is 2.68 bits per heavy atom. The highest BCUT2D eigenvalue weighted by Crippen LogP contribution is 2.30. The van der Waals surface area contributed by atoms with Crippen molar-refractivity contribution in [2.45, 2.75) is 19.0 Å². The van der Waals surface area contributed by atoms with E-state index >= 15 is 0 Å². The predicted octanol–water partition coefficient (Wildman–Crippen LogP) is 3.00. The summed E-state index contributed by atoms with van der Waals surface area (Å²) < 4.78 is 51.3. The summed E-state index contributed by atoms with van der Waals surface area (Å²) in [6, 6.07) is 1.83. The molecule has 1 unspecified atom stereocenters. The van der Waals surface area contributed by atoms with Gasteiger partial charge in [0.25, 0.3) is 5.91 Å². The van der Waals surface area contributed by atoms with Gasteiger partial charge in [0.1, 0.15) is 5.82 Å². The molecule has 1 aliphatic rings. The lowest BCUT2D eigenvalue weighted by atomic mass is 9.99. The minimum absolute atomic E-state index is 0. The monoisotopic (exact) mass is 340 g/mol. The van der Waals surface area contributed by atoms with E-state index in [1.54, 1.807) is 0 Å². The number of piperidine rings is 1. The minimum atomic E-state index is -4.60. The Balaban J connectivity index is 0.00000242. The van der Waals surface area contributed by atoms with E-state index in [-0.39, 0.29) is 18.3 Å². The van der Waals surface area contributed by atoms with Gasteiger partial charge in [-0.05, 0) is 50.0 Å². The van der Waals surface area contributed by atoms with E-state index in [1.165, 1.54) is 0 Å². The second kappa shape index (κ2) is 7.78. The van der Waals surface area contributed by atoms with E-state index in [9.17, 15) is 22.4 Å². The molecule has 1 atom stereocenters. The summed E-state index contributed by atoms with van der Waals surface area (Å²) in [7, 11) is 0. The van der Waals surface area contributed by atoms with E-state index in [0.29, 0.717) is 24.7 Å². The average Bonchev–Trinajstić information content (AvgIpc) is 2.45. The molecule has 1 fully saturated rings. The number of rotatable bonds is 3. The van der Waals surface area contributed by atoms with Gasteiger partial charge in [0, 0.05) is 6.54 Å². The average molecular weight is 341 g/mol. The van der Waals surface area contributed by atoms with E-state index in [2.05, 4.69) is 10.6 Å². The lowest BCUT2D eigenvalue weighted by molar-refractivity contribution is -0.137. The third-order valence-electron chi connectivity index (χ3n) is 3.49. The van der Waals surface area contributed by atoms with Gasteiger partial charge in [0.05, 0.1) is 11.1 Å². The normalized spacial score (nSPS) is 18.5. The van der Waals surface area contributed by atoms with Crippen molar-refractivity contribution in [2.24, 2.45) is 5.92 Å². The van der Waals surface area contributed by atoms with Crippen LogP contribution in [0.1, 0.15) is 28.8 Å². The molecule has 0 aromatic heterocycles. The molecule has 124 valence electrons. The molecule has 22 heavy (non-hydrogen) atoms. The Morgan fingerprint density at radius 2 is 2.09 bits per heavy atom. The van der Waals surface area contributed by atoms with Gasteiger partial charge >= 0.3 is 6.18 Å². The highest BCUT2D eigenvalue weighted by molar-refractivity contribution is 5.94. The largest absolute Gasteiger partial charge is 0.416 e. The van der Waals surface area contributed by atoms with Crippen LogP contribution in [0.25, 0.3) is 0 Å². The van der Waals surface area contributed by atoms with Crippen LogP contribution in [0.15, 0.2) is 18.2 Å². The summed E-state index contributed by atoms with van der Waals surface area (Å²) in [6.45, 7) is 1.99. The fraction of sp³-hybridized carbons (Fsp3) is 0.500. The Hall–Kier alpha value is -1.34. The molecule has 1 heterocycles. The van der Waals surface area contributed by atoms with Crippen molar-refractivity contribution >= 4 is 18.3 Å². The molecule has 2 N–H and O–H groups in total. The number of halogens is 5. The second-order valence-corrected chi connectivity index (χ2v) is 5.11. The summed E-state index contributed by atoms with van der Waals surface area (Å²) in [5.74, 6) is -1.55. The van der Waals surface area contributed by atoms with Gasteiger partial charge in [0.2, 0.25) is 0 Å². The van der Waals surface area contributed by atoms with Gasteiger partial charge in [-0.25, -0.2) is 4.39 Å². The lowest BCUT2D eigenvalue weighted by Crippen LogP contribution is -2.38. The molecular weight excluding hydrogens is 324 g/mol. The number of alkyl halides is 3. The van der Waals surface area contributed by atoms with Gasteiger partial charge in [-0.1, -0.05) is 0 Å². The summed E-state index contributed by atoms with van der Waals surface area (Å²) in [4.78, 5) is 11.8. The van der Waals surface area contributed by atoms with Gasteiger partial charge in [-0.3, -0.25) is 4.79 Å². The van der Waals surface area contributed by atoms with Crippen molar-refractivity contribution < 1.29 is 22.4 Å². The SMILES string of the molecule is Cl.O=C(NCC1CCCNC1)c1cc(C(F)(F)F)ccc1F. The Morgan fingerprint density at radius 1 is 1.36 bits per heavy atom. The third kappa shape index (κ3) is 4.84. The first-order valence-electron chi connectivity index (χ1n) is 6.73. The number of carbonyl (C=O) groups is 1. The first-order chi connectivity index (χ1) is 9.88. The zero-order valence-corrected chi connectivity index (χ0v) is 12.5. The molecule has 1 saturated heterocycles. The molecule has 1 aliphatic heterocycles. The van der Waals surface area contributed by atoms with Crippen LogP contribution in [-0.4, -0.2) is 25.5 Å². The third-order valence-corrected chi connectivity index (χ3v) is 3.49. The molecule has 0 bridgehead atoms. The van der Waals surface area contributed by atoms with Crippen molar-refractivity contribution in [3.8, 4) is 0 Å². The molecule has 3 nitrogen and oxygen atoms in total. The molecule has 8 heteroatoms. The number of benzene rings is 1. The van der Waals surface area contributed by atoms with Crippen molar-refractivity contribution in [3.63, 3.8) is 0 Å². The maximum atomic E-state index is 13.5. The molecular formula is C14H17ClF4N2O. The quantitative estimate of drug-likeness (QED) is 0.831. The minimum Gasteiger partial charge on any atom is -0.352 e. The molecule has 1 aromatic carbocycles. The van der Waals surface area contributed by atoms with Gasteiger partial charge in [0.15, 0.2) is 0 Å². The van der Waals surface area contributed by atoms with Crippen LogP contribution in [0.2, 0.25) is 0 Å². The van der Waals surface area contributed by atoms with E-state index < -0.39 is 29.0 Å². The smallest absolute Gasteiger partial charge is 0.352 e. The number of nitrogens with one attached hydrogen (secondary N) is 2. The molecule has 1 aromatic rings. The molecule has 0 spiro atoms. The first-order valence-corrected chi connectivity index (χ1v) is 6.73. The van der Waals surface area contributed by atoms with Crippen LogP contribution in [0.4, 0.5) is 17.6 Å². The van der Waals surface area contributed by atoms with Crippen LogP contribution < -0.4 is 10.6 Å². The van der Waals surface area contributed by atoms with Crippen LogP contribution in [0.3, 0.4) is 0 Å². The Bertz CT molecular complexity index is 516. The van der Waals surface area contributed by atoms with E-state index in [1.807, 2.05) is 0 Å². The van der Waals surface area contributed by atoms with E-state index in [4.69, 9.17) is 0 Å². The van der Waals surface area contributed by atoms with Crippen LogP contribution >= 0.6 is 12.4 Å². The van der Waals surface area contributed by atoms with Crippen LogP contribution in [0, 0.1) is 11.7 Å². The Labute approximate surface area is 131 Å². The fourth-order valence-corrected chi connectivity index (χ4v) is 2.31. The maximum Gasteiger partial charge on any atom is 0.416 e. The van der Waals surface area contributed by atoms with Crippen LogP contribution in [0.5, 0.6) is 0 Å². The van der Waals surface area contributed by atoms with Crippen molar-refractivity contribution in [1.82, 2.24) is 10.6 Å². The molecule has 0 saturated carbocycles. The Kier molecular flexibility index (Phi) is 6.62. The summed E-state index contributed by atoms with van der Waals surface area (Å²) in [6.07, 6.45) is -2.69. The zero-order valence-electron chi connectivity index (χ0n) is 11.7. The van der Waals surface area contributed by atoms with Crippen molar-refractivity contribution in [1.29, 1.82) is 0 Å². The van der Waals surface area contributed by atoms with E-state index in [0.717, 1.165) is 25.9 Å². The fourth-order valence-electron chi connectivity index (χ4n) is 2.31. The van der Waals surface area contributed by atoms with Crippen molar-refractivity contribution in [3.05, 3.63) is 35.1 Å². The molecule has 1 amide bonds. The highest BCUT2D eigenvalue weighted by Gasteiger charge is 2.32. The molecule has 2 rings (SSSR count). The lowest BCUT2D eigenvalue weighted by Gasteiger charge is -2.23. The first kappa shape index (κ1) is 18.7. The highest BCUT2D eigenvalue weighted by atomic mass is 35.5. The molecule has 0 radical (unpaired) electrons. The molecule has 0 aliphatic carbocycles. The second-order valence-electron chi connectivity index (χ2n) is 5.11. The maximum absolute atomic E-state index is 13.5. The van der Waals surface area contributed by atoms with Gasteiger partial charge < -0.3 is 10.6 Å². The topological polar surface area (TPSA) is 41.1 Å². The standard InChI is InChI=1S/C14H16F4N2O.ClH/c15-12-4-3-10(14(16,17)18)6-11(12)13(21)20-8-9-2-1-5-19-7-9;/h3-4,6,9,19H,1-2,5,7-8H2,(H,20,21);1H. The van der Waals surface area contributed by atoms with Gasteiger partial charge in [-0.15, -0.1) is 12.4 Å².